The van der Waals surface area contributed by atoms with Crippen molar-refractivity contribution >= 4 is 33.3 Å². The molecule has 0 aromatic heterocycles. The fourth-order valence-corrected chi connectivity index (χ4v) is 2.58. The highest BCUT2D eigenvalue weighted by Gasteiger charge is 2.16. The van der Waals surface area contributed by atoms with Gasteiger partial charge in [-0.15, -0.1) is 0 Å². The molecule has 0 saturated carbocycles. The zero-order valence-electron chi connectivity index (χ0n) is 11.7. The van der Waals surface area contributed by atoms with Gasteiger partial charge in [-0.1, -0.05) is 15.9 Å². The van der Waals surface area contributed by atoms with Crippen LogP contribution in [0.25, 0.3) is 11.6 Å². The van der Waals surface area contributed by atoms with Crippen LogP contribution in [0.2, 0.25) is 0 Å². The van der Waals surface area contributed by atoms with Crippen LogP contribution in [-0.2, 0) is 0 Å². The van der Waals surface area contributed by atoms with Crippen LogP contribution in [0.3, 0.4) is 0 Å². The normalized spacial score (nSPS) is 12.8. The van der Waals surface area contributed by atoms with E-state index in [1.165, 1.54) is 12.1 Å². The first kappa shape index (κ1) is 15.1. The minimum atomic E-state index is -0.478. The van der Waals surface area contributed by atoms with Crippen LogP contribution in [0.4, 0.5) is 5.69 Å². The van der Waals surface area contributed by atoms with E-state index >= 15 is 0 Å². The Hall–Kier alpha value is -2.85. The van der Waals surface area contributed by atoms with Crippen LogP contribution >= 0.6 is 15.9 Å². The van der Waals surface area contributed by atoms with Crippen molar-refractivity contribution in [3.63, 3.8) is 0 Å². The van der Waals surface area contributed by atoms with Crippen molar-refractivity contribution in [1.29, 1.82) is 5.26 Å². The number of hydrogen-bond donors (Lipinski definition) is 0. The van der Waals surface area contributed by atoms with E-state index < -0.39 is 4.92 Å². The molecule has 0 N–H and O–H groups in total. The first-order valence-electron chi connectivity index (χ1n) is 6.54. The van der Waals surface area contributed by atoms with Crippen LogP contribution in [0.15, 0.2) is 40.9 Å². The van der Waals surface area contributed by atoms with Gasteiger partial charge in [-0.25, -0.2) is 0 Å². The SMILES string of the molecule is N#C/C(=C\c1cc2c(cc1Br)OCO2)c1ccc([N+](=O)[O-])cc1. The van der Waals surface area contributed by atoms with Gasteiger partial charge >= 0.3 is 0 Å². The predicted molar refractivity (Wildman–Crippen MR) is 86.8 cm³/mol. The molecule has 1 aliphatic rings. The van der Waals surface area contributed by atoms with E-state index in [0.717, 1.165) is 10.0 Å². The molecule has 114 valence electrons. The lowest BCUT2D eigenvalue weighted by Crippen LogP contribution is -1.92. The Morgan fingerprint density at radius 3 is 2.52 bits per heavy atom. The molecule has 0 radical (unpaired) electrons. The second kappa shape index (κ2) is 6.10. The van der Waals surface area contributed by atoms with Gasteiger partial charge in [-0.05, 0) is 41.5 Å². The zero-order valence-corrected chi connectivity index (χ0v) is 13.2. The maximum atomic E-state index is 10.7. The lowest BCUT2D eigenvalue weighted by molar-refractivity contribution is -0.384. The molecule has 0 spiro atoms. The van der Waals surface area contributed by atoms with Crippen molar-refractivity contribution in [1.82, 2.24) is 0 Å². The number of allylic oxidation sites excluding steroid dienone is 1. The summed E-state index contributed by atoms with van der Waals surface area (Å²) in [7, 11) is 0. The number of ether oxygens (including phenoxy) is 2. The second-order valence-electron chi connectivity index (χ2n) is 4.70. The fraction of sp³-hybridized carbons (Fsp3) is 0.0625. The molecular weight excluding hydrogens is 364 g/mol. The average molecular weight is 373 g/mol. The molecule has 6 nitrogen and oxygen atoms in total. The van der Waals surface area contributed by atoms with Crippen molar-refractivity contribution in [2.24, 2.45) is 0 Å². The molecule has 23 heavy (non-hydrogen) atoms. The van der Waals surface area contributed by atoms with E-state index in [2.05, 4.69) is 22.0 Å². The summed E-state index contributed by atoms with van der Waals surface area (Å²) in [6, 6.07) is 11.5. The Bertz CT molecular complexity index is 854. The van der Waals surface area contributed by atoms with Gasteiger partial charge in [0.05, 0.1) is 16.6 Å². The molecule has 0 atom stereocenters. The molecule has 0 aliphatic carbocycles. The largest absolute Gasteiger partial charge is 0.454 e. The number of fused-ring (bicyclic) bond motifs is 1. The molecule has 2 aromatic carbocycles. The summed E-state index contributed by atoms with van der Waals surface area (Å²) < 4.78 is 11.4. The van der Waals surface area contributed by atoms with E-state index in [-0.39, 0.29) is 12.5 Å². The van der Waals surface area contributed by atoms with Gasteiger partial charge in [0.25, 0.3) is 5.69 Å². The van der Waals surface area contributed by atoms with E-state index in [1.807, 2.05) is 0 Å². The highest BCUT2D eigenvalue weighted by molar-refractivity contribution is 9.10. The first-order chi connectivity index (χ1) is 11.1. The molecule has 1 aliphatic heterocycles. The number of nitrogens with zero attached hydrogens (tertiary/aromatic N) is 2. The summed E-state index contributed by atoms with van der Waals surface area (Å²) in [4.78, 5) is 10.2. The van der Waals surface area contributed by atoms with Crippen molar-refractivity contribution in [3.8, 4) is 17.6 Å². The molecule has 3 rings (SSSR count). The Morgan fingerprint density at radius 1 is 1.26 bits per heavy atom. The molecule has 0 unspecified atom stereocenters. The monoisotopic (exact) mass is 372 g/mol. The third kappa shape index (κ3) is 3.03. The average Bonchev–Trinajstić information content (AvgIpc) is 2.99. The molecule has 0 amide bonds. The van der Waals surface area contributed by atoms with Crippen molar-refractivity contribution < 1.29 is 14.4 Å². The smallest absolute Gasteiger partial charge is 0.269 e. The molecule has 0 fully saturated rings. The van der Waals surface area contributed by atoms with Gasteiger partial charge in [0.15, 0.2) is 11.5 Å². The van der Waals surface area contributed by atoms with E-state index in [4.69, 9.17) is 9.47 Å². The summed E-state index contributed by atoms with van der Waals surface area (Å²) >= 11 is 3.43. The highest BCUT2D eigenvalue weighted by Crippen LogP contribution is 2.38. The van der Waals surface area contributed by atoms with Crippen LogP contribution < -0.4 is 9.47 Å². The lowest BCUT2D eigenvalue weighted by atomic mass is 10.0. The summed E-state index contributed by atoms with van der Waals surface area (Å²) in [5.41, 5.74) is 1.72. The number of non-ortho nitro benzene ring substituents is 1. The minimum Gasteiger partial charge on any atom is -0.454 e. The van der Waals surface area contributed by atoms with E-state index in [0.29, 0.717) is 22.6 Å². The maximum Gasteiger partial charge on any atom is 0.269 e. The van der Waals surface area contributed by atoms with E-state index in [1.54, 1.807) is 30.3 Å². The van der Waals surface area contributed by atoms with Gasteiger partial charge in [-0.3, -0.25) is 10.1 Å². The Balaban J connectivity index is 1.99. The molecule has 0 saturated heterocycles. The Kier molecular flexibility index (Phi) is 4.00. The third-order valence-electron chi connectivity index (χ3n) is 3.30. The van der Waals surface area contributed by atoms with Crippen LogP contribution in [-0.4, -0.2) is 11.7 Å². The number of nitro benzene ring substituents is 1. The Morgan fingerprint density at radius 2 is 1.91 bits per heavy atom. The summed E-state index contributed by atoms with van der Waals surface area (Å²) in [6.07, 6.45) is 1.69. The molecule has 7 heteroatoms. The second-order valence-corrected chi connectivity index (χ2v) is 5.56. The van der Waals surface area contributed by atoms with E-state index in [9.17, 15) is 15.4 Å². The lowest BCUT2D eigenvalue weighted by Gasteiger charge is -2.04. The molecule has 1 heterocycles. The van der Waals surface area contributed by atoms with Crippen LogP contribution in [0, 0.1) is 21.4 Å². The summed E-state index contributed by atoms with van der Waals surface area (Å²) in [5.74, 6) is 1.25. The highest BCUT2D eigenvalue weighted by atomic mass is 79.9. The summed E-state index contributed by atoms with van der Waals surface area (Å²) in [5, 5.41) is 20.1. The molecule has 0 bridgehead atoms. The number of nitro groups is 1. The van der Waals surface area contributed by atoms with Gasteiger partial charge in [0.1, 0.15) is 0 Å². The van der Waals surface area contributed by atoms with Crippen LogP contribution in [0.5, 0.6) is 11.5 Å². The summed E-state index contributed by atoms with van der Waals surface area (Å²) in [6.45, 7) is 0.169. The maximum absolute atomic E-state index is 10.7. The topological polar surface area (TPSA) is 85.4 Å². The van der Waals surface area contributed by atoms with Crippen LogP contribution in [0.1, 0.15) is 11.1 Å². The number of hydrogen-bond acceptors (Lipinski definition) is 5. The standard InChI is InChI=1S/C16H9BrN2O4/c17-14-7-16-15(22-9-23-16)6-11(14)5-12(8-18)10-1-3-13(4-2-10)19(20)21/h1-7H,9H2/b12-5+. The Labute approximate surface area is 139 Å². The van der Waals surface area contributed by atoms with Gasteiger partial charge in [-0.2, -0.15) is 5.26 Å². The quantitative estimate of drug-likeness (QED) is 0.349. The zero-order chi connectivity index (χ0) is 16.4. The minimum absolute atomic E-state index is 0.0182. The number of benzene rings is 2. The number of rotatable bonds is 3. The van der Waals surface area contributed by atoms with Gasteiger partial charge in [0, 0.05) is 16.6 Å². The van der Waals surface area contributed by atoms with Gasteiger partial charge < -0.3 is 9.47 Å². The fourth-order valence-electron chi connectivity index (χ4n) is 2.14. The number of halogens is 1. The van der Waals surface area contributed by atoms with Gasteiger partial charge in [0.2, 0.25) is 6.79 Å². The molecular formula is C16H9BrN2O4. The predicted octanol–water partition coefficient (Wildman–Crippen LogP) is 4.15. The van der Waals surface area contributed by atoms with Crippen molar-refractivity contribution in [3.05, 3.63) is 62.1 Å². The van der Waals surface area contributed by atoms with Crippen molar-refractivity contribution in [2.45, 2.75) is 0 Å². The molecule has 2 aromatic rings. The van der Waals surface area contributed by atoms with Crippen molar-refractivity contribution in [2.75, 3.05) is 6.79 Å². The third-order valence-corrected chi connectivity index (χ3v) is 3.99. The number of nitriles is 1. The first-order valence-corrected chi connectivity index (χ1v) is 7.33.